The largest absolute Gasteiger partial charge is 0.481 e. The van der Waals surface area contributed by atoms with Crippen molar-refractivity contribution < 1.29 is 45.4 Å². The fraction of sp³-hybridized carbons (Fsp3) is 0.385. The second kappa shape index (κ2) is 7.49. The number of benzene rings is 1. The Hall–Kier alpha value is -2.33. The zero-order valence-electron chi connectivity index (χ0n) is 11.7. The third-order valence-electron chi connectivity index (χ3n) is 2.86. The van der Waals surface area contributed by atoms with E-state index in [1.54, 1.807) is 0 Å². The standard InChI is InChI=1S/C13H10F7NO3/c14-8-7(13(18,19)20)9(15)11(17)12(10(8)16)21-5(22)3-1-2-4-6(23)24/h1-4H2,(H,21,22)(H,23,24). The number of nitrogens with one attached hydrogen (secondary N) is 1. The smallest absolute Gasteiger partial charge is 0.422 e. The van der Waals surface area contributed by atoms with E-state index >= 15 is 0 Å². The molecule has 0 aromatic heterocycles. The zero-order valence-corrected chi connectivity index (χ0v) is 11.7. The minimum atomic E-state index is -5.67. The molecule has 0 unspecified atom stereocenters. The fourth-order valence-corrected chi connectivity index (χ4v) is 1.75. The molecule has 4 nitrogen and oxygen atoms in total. The van der Waals surface area contributed by atoms with Crippen LogP contribution in [0.3, 0.4) is 0 Å². The summed E-state index contributed by atoms with van der Waals surface area (Å²) in [6.45, 7) is 0. The van der Waals surface area contributed by atoms with Gasteiger partial charge in [-0.15, -0.1) is 0 Å². The summed E-state index contributed by atoms with van der Waals surface area (Å²) in [4.78, 5) is 21.6. The first-order chi connectivity index (χ1) is 11.0. The highest BCUT2D eigenvalue weighted by Crippen LogP contribution is 2.38. The summed E-state index contributed by atoms with van der Waals surface area (Å²) < 4.78 is 90.8. The van der Waals surface area contributed by atoms with Crippen LogP contribution < -0.4 is 5.32 Å². The molecule has 24 heavy (non-hydrogen) atoms. The molecule has 0 aliphatic heterocycles. The molecule has 0 aliphatic carbocycles. The summed E-state index contributed by atoms with van der Waals surface area (Å²) in [5.74, 6) is -12.4. The van der Waals surface area contributed by atoms with Gasteiger partial charge in [-0.25, -0.2) is 17.6 Å². The lowest BCUT2D eigenvalue weighted by atomic mass is 10.1. The maximum Gasteiger partial charge on any atom is 0.422 e. The number of anilines is 1. The first-order valence-electron chi connectivity index (χ1n) is 6.41. The molecule has 0 saturated heterocycles. The van der Waals surface area contributed by atoms with Crippen molar-refractivity contribution in [1.82, 2.24) is 0 Å². The van der Waals surface area contributed by atoms with Crippen LogP contribution in [0.4, 0.5) is 36.4 Å². The number of carbonyl (C=O) groups is 2. The summed E-state index contributed by atoms with van der Waals surface area (Å²) in [6, 6.07) is 0. The molecule has 1 rings (SSSR count). The van der Waals surface area contributed by atoms with E-state index in [0.717, 1.165) is 0 Å². The molecular weight excluding hydrogens is 351 g/mol. The molecule has 134 valence electrons. The number of hydrogen-bond donors (Lipinski definition) is 2. The zero-order chi connectivity index (χ0) is 18.7. The van der Waals surface area contributed by atoms with Crippen LogP contribution in [-0.2, 0) is 15.8 Å². The number of unbranched alkanes of at least 4 members (excludes halogenated alkanes) is 1. The topological polar surface area (TPSA) is 66.4 Å². The van der Waals surface area contributed by atoms with Gasteiger partial charge in [0.1, 0.15) is 11.3 Å². The summed E-state index contributed by atoms with van der Waals surface area (Å²) in [5.41, 5.74) is -4.42. The third-order valence-corrected chi connectivity index (χ3v) is 2.86. The minimum absolute atomic E-state index is 0.0209. The van der Waals surface area contributed by atoms with E-state index in [4.69, 9.17) is 5.11 Å². The number of halogens is 7. The van der Waals surface area contributed by atoms with Gasteiger partial charge >= 0.3 is 12.1 Å². The van der Waals surface area contributed by atoms with Crippen LogP contribution in [0.5, 0.6) is 0 Å². The van der Waals surface area contributed by atoms with E-state index in [1.165, 1.54) is 5.32 Å². The molecular formula is C13H10F7NO3. The molecule has 1 aromatic rings. The second-order valence-corrected chi connectivity index (χ2v) is 4.65. The van der Waals surface area contributed by atoms with Gasteiger partial charge in [-0.3, -0.25) is 9.59 Å². The molecule has 1 aromatic carbocycles. The molecule has 1 amide bonds. The van der Waals surface area contributed by atoms with Gasteiger partial charge in [-0.2, -0.15) is 13.2 Å². The van der Waals surface area contributed by atoms with Crippen molar-refractivity contribution in [3.8, 4) is 0 Å². The van der Waals surface area contributed by atoms with E-state index in [0.29, 0.717) is 0 Å². The van der Waals surface area contributed by atoms with E-state index in [9.17, 15) is 40.3 Å². The molecule has 2 N–H and O–H groups in total. The summed E-state index contributed by atoms with van der Waals surface area (Å²) in [7, 11) is 0. The molecule has 0 saturated carbocycles. The number of rotatable bonds is 6. The van der Waals surface area contributed by atoms with Crippen LogP contribution in [0.15, 0.2) is 0 Å². The Morgan fingerprint density at radius 3 is 1.75 bits per heavy atom. The van der Waals surface area contributed by atoms with Gasteiger partial charge < -0.3 is 10.4 Å². The van der Waals surface area contributed by atoms with Gasteiger partial charge in [-0.05, 0) is 12.8 Å². The van der Waals surface area contributed by atoms with Gasteiger partial charge in [-0.1, -0.05) is 0 Å². The number of carboxylic acids is 1. The number of carbonyl (C=O) groups excluding carboxylic acids is 1. The van der Waals surface area contributed by atoms with Crippen molar-refractivity contribution in [2.75, 3.05) is 5.32 Å². The van der Waals surface area contributed by atoms with Crippen molar-refractivity contribution in [3.05, 3.63) is 28.8 Å². The molecule has 0 heterocycles. The molecule has 0 radical (unpaired) electrons. The first kappa shape index (κ1) is 19.7. The SMILES string of the molecule is O=C(O)CCCCC(=O)Nc1c(F)c(F)c(C(F)(F)F)c(F)c1F. The van der Waals surface area contributed by atoms with Crippen molar-refractivity contribution in [2.45, 2.75) is 31.9 Å². The molecule has 0 atom stereocenters. The lowest BCUT2D eigenvalue weighted by molar-refractivity contribution is -0.143. The van der Waals surface area contributed by atoms with Crippen LogP contribution in [0.25, 0.3) is 0 Å². The molecule has 0 bridgehead atoms. The van der Waals surface area contributed by atoms with Gasteiger partial charge in [0.05, 0.1) is 0 Å². The molecule has 0 aliphatic rings. The van der Waals surface area contributed by atoms with Crippen LogP contribution in [-0.4, -0.2) is 17.0 Å². The van der Waals surface area contributed by atoms with Crippen molar-refractivity contribution in [3.63, 3.8) is 0 Å². The number of amides is 1. The highest BCUT2D eigenvalue weighted by Gasteiger charge is 2.42. The van der Waals surface area contributed by atoms with Crippen molar-refractivity contribution in [1.29, 1.82) is 0 Å². The quantitative estimate of drug-likeness (QED) is 0.460. The molecule has 0 spiro atoms. The second-order valence-electron chi connectivity index (χ2n) is 4.65. The van der Waals surface area contributed by atoms with E-state index < -0.39 is 59.0 Å². The average molecular weight is 361 g/mol. The van der Waals surface area contributed by atoms with Crippen LogP contribution in [0.2, 0.25) is 0 Å². The maximum atomic E-state index is 13.5. The fourth-order valence-electron chi connectivity index (χ4n) is 1.75. The normalized spacial score (nSPS) is 11.5. The minimum Gasteiger partial charge on any atom is -0.481 e. The van der Waals surface area contributed by atoms with Crippen LogP contribution in [0.1, 0.15) is 31.2 Å². The van der Waals surface area contributed by atoms with Gasteiger partial charge in [0.2, 0.25) is 5.91 Å². The van der Waals surface area contributed by atoms with Gasteiger partial charge in [0, 0.05) is 12.8 Å². The third kappa shape index (κ3) is 4.59. The summed E-state index contributed by atoms with van der Waals surface area (Å²) >= 11 is 0. The summed E-state index contributed by atoms with van der Waals surface area (Å²) in [6.07, 6.45) is -6.37. The number of hydrogen-bond acceptors (Lipinski definition) is 2. The number of carboxylic acid groups (broad SMARTS) is 1. The Morgan fingerprint density at radius 1 is 0.875 bits per heavy atom. The number of alkyl halides is 3. The van der Waals surface area contributed by atoms with E-state index in [1.807, 2.05) is 0 Å². The lowest BCUT2D eigenvalue weighted by Gasteiger charge is -2.14. The molecule has 11 heteroatoms. The van der Waals surface area contributed by atoms with E-state index in [2.05, 4.69) is 0 Å². The first-order valence-corrected chi connectivity index (χ1v) is 6.41. The Kier molecular flexibility index (Phi) is 6.16. The van der Waals surface area contributed by atoms with Crippen LogP contribution >= 0.6 is 0 Å². The maximum absolute atomic E-state index is 13.5. The highest BCUT2D eigenvalue weighted by molar-refractivity contribution is 5.91. The Morgan fingerprint density at radius 2 is 1.33 bits per heavy atom. The van der Waals surface area contributed by atoms with Gasteiger partial charge in [0.25, 0.3) is 0 Å². The Bertz CT molecular complexity index is 629. The predicted molar refractivity (Wildman–Crippen MR) is 66.0 cm³/mol. The predicted octanol–water partition coefficient (Wildman–Crippen LogP) is 3.85. The highest BCUT2D eigenvalue weighted by atomic mass is 19.4. The van der Waals surface area contributed by atoms with Crippen molar-refractivity contribution >= 4 is 17.6 Å². The lowest BCUT2D eigenvalue weighted by Crippen LogP contribution is -2.20. The Balaban J connectivity index is 2.98. The summed E-state index contributed by atoms with van der Waals surface area (Å²) in [5, 5.41) is 9.81. The Labute approximate surface area is 130 Å². The van der Waals surface area contributed by atoms with E-state index in [-0.39, 0.29) is 19.3 Å². The number of aliphatic carboxylic acids is 1. The average Bonchev–Trinajstić information content (AvgIpc) is 2.44. The van der Waals surface area contributed by atoms with Gasteiger partial charge in [0.15, 0.2) is 23.3 Å². The molecule has 0 fully saturated rings. The monoisotopic (exact) mass is 361 g/mol. The van der Waals surface area contributed by atoms with Crippen LogP contribution in [0, 0.1) is 23.3 Å². The van der Waals surface area contributed by atoms with Crippen molar-refractivity contribution in [2.24, 2.45) is 0 Å².